The van der Waals surface area contributed by atoms with Crippen molar-refractivity contribution >= 4 is 23.6 Å². The molecule has 0 atom stereocenters. The number of carboxylic acid groups (broad SMARTS) is 1. The SMILES string of the molecule is O=C(O)CSCC(=O)NCCc1ccccc1. The Morgan fingerprint density at radius 2 is 1.88 bits per heavy atom. The Kier molecular flexibility index (Phi) is 6.17. The summed E-state index contributed by atoms with van der Waals surface area (Å²) >= 11 is 1.10. The average Bonchev–Trinajstić information content (AvgIpc) is 2.30. The summed E-state index contributed by atoms with van der Waals surface area (Å²) < 4.78 is 0. The van der Waals surface area contributed by atoms with Crippen molar-refractivity contribution in [1.29, 1.82) is 0 Å². The van der Waals surface area contributed by atoms with Gasteiger partial charge in [0.05, 0.1) is 11.5 Å². The largest absolute Gasteiger partial charge is 0.481 e. The van der Waals surface area contributed by atoms with Crippen LogP contribution in [0.2, 0.25) is 0 Å². The summed E-state index contributed by atoms with van der Waals surface area (Å²) in [6.45, 7) is 0.580. The van der Waals surface area contributed by atoms with E-state index in [2.05, 4.69) is 5.32 Å². The van der Waals surface area contributed by atoms with Gasteiger partial charge in [-0.05, 0) is 12.0 Å². The number of nitrogens with one attached hydrogen (secondary N) is 1. The van der Waals surface area contributed by atoms with E-state index in [0.717, 1.165) is 18.2 Å². The van der Waals surface area contributed by atoms with Crippen LogP contribution in [-0.2, 0) is 16.0 Å². The third-order valence-electron chi connectivity index (χ3n) is 2.04. The van der Waals surface area contributed by atoms with Crippen molar-refractivity contribution in [2.24, 2.45) is 0 Å². The normalized spacial score (nSPS) is 9.88. The molecular weight excluding hydrogens is 238 g/mol. The Balaban J connectivity index is 2.10. The number of hydrogen-bond donors (Lipinski definition) is 2. The third kappa shape index (κ3) is 6.63. The van der Waals surface area contributed by atoms with Crippen LogP contribution >= 0.6 is 11.8 Å². The van der Waals surface area contributed by atoms with Crippen LogP contribution in [0.15, 0.2) is 30.3 Å². The maximum atomic E-state index is 11.3. The highest BCUT2D eigenvalue weighted by molar-refractivity contribution is 8.00. The molecule has 0 aliphatic rings. The van der Waals surface area contributed by atoms with Crippen LogP contribution in [0.4, 0.5) is 0 Å². The zero-order valence-corrected chi connectivity index (χ0v) is 10.2. The highest BCUT2D eigenvalue weighted by Crippen LogP contribution is 2.00. The standard InChI is InChI=1S/C12H15NO3S/c14-11(8-17-9-12(15)16)13-7-6-10-4-2-1-3-5-10/h1-5H,6-9H2,(H,13,14)(H,15,16). The number of carboxylic acids is 1. The van der Waals surface area contributed by atoms with Gasteiger partial charge in [-0.1, -0.05) is 30.3 Å². The second kappa shape index (κ2) is 7.73. The molecule has 0 saturated carbocycles. The first kappa shape index (κ1) is 13.6. The number of hydrogen-bond acceptors (Lipinski definition) is 3. The maximum absolute atomic E-state index is 11.3. The van der Waals surface area contributed by atoms with Crippen LogP contribution in [0.3, 0.4) is 0 Å². The maximum Gasteiger partial charge on any atom is 0.313 e. The van der Waals surface area contributed by atoms with E-state index in [4.69, 9.17) is 5.11 Å². The van der Waals surface area contributed by atoms with Gasteiger partial charge in [0.15, 0.2) is 0 Å². The van der Waals surface area contributed by atoms with E-state index in [1.54, 1.807) is 0 Å². The quantitative estimate of drug-likeness (QED) is 0.765. The van der Waals surface area contributed by atoms with Crippen LogP contribution in [0.5, 0.6) is 0 Å². The van der Waals surface area contributed by atoms with E-state index in [9.17, 15) is 9.59 Å². The Morgan fingerprint density at radius 3 is 2.53 bits per heavy atom. The Bertz CT molecular complexity index is 367. The number of thioether (sulfide) groups is 1. The molecule has 17 heavy (non-hydrogen) atoms. The number of aliphatic carboxylic acids is 1. The van der Waals surface area contributed by atoms with E-state index in [-0.39, 0.29) is 17.4 Å². The lowest BCUT2D eigenvalue weighted by atomic mass is 10.1. The summed E-state index contributed by atoms with van der Waals surface area (Å²) in [4.78, 5) is 21.5. The highest BCUT2D eigenvalue weighted by atomic mass is 32.2. The van der Waals surface area contributed by atoms with Crippen molar-refractivity contribution in [3.05, 3.63) is 35.9 Å². The monoisotopic (exact) mass is 253 g/mol. The lowest BCUT2D eigenvalue weighted by molar-refractivity contribution is -0.133. The lowest BCUT2D eigenvalue weighted by Crippen LogP contribution is -2.27. The smallest absolute Gasteiger partial charge is 0.313 e. The summed E-state index contributed by atoms with van der Waals surface area (Å²) in [6, 6.07) is 9.88. The van der Waals surface area contributed by atoms with Gasteiger partial charge >= 0.3 is 5.97 Å². The molecule has 92 valence electrons. The molecule has 0 aliphatic carbocycles. The molecule has 0 spiro atoms. The fourth-order valence-electron chi connectivity index (χ4n) is 1.27. The molecule has 5 heteroatoms. The Labute approximate surface area is 104 Å². The number of benzene rings is 1. The molecule has 0 fully saturated rings. The molecule has 0 heterocycles. The van der Waals surface area contributed by atoms with Crippen molar-refractivity contribution in [3.63, 3.8) is 0 Å². The molecule has 2 N–H and O–H groups in total. The van der Waals surface area contributed by atoms with Crippen molar-refractivity contribution in [2.45, 2.75) is 6.42 Å². The summed E-state index contributed by atoms with van der Waals surface area (Å²) in [5, 5.41) is 11.2. The molecule has 0 bridgehead atoms. The minimum absolute atomic E-state index is 0.0356. The molecule has 1 aromatic carbocycles. The number of amides is 1. The fraction of sp³-hybridized carbons (Fsp3) is 0.333. The predicted molar refractivity (Wildman–Crippen MR) is 68.1 cm³/mol. The third-order valence-corrected chi connectivity index (χ3v) is 2.95. The lowest BCUT2D eigenvalue weighted by Gasteiger charge is -2.04. The van der Waals surface area contributed by atoms with Gasteiger partial charge in [0.1, 0.15) is 0 Å². The molecule has 1 aromatic rings. The second-order valence-corrected chi connectivity index (χ2v) is 4.46. The zero-order chi connectivity index (χ0) is 12.5. The summed E-state index contributed by atoms with van der Waals surface area (Å²) in [6.07, 6.45) is 0.788. The van der Waals surface area contributed by atoms with E-state index >= 15 is 0 Å². The minimum atomic E-state index is -0.896. The van der Waals surface area contributed by atoms with Crippen LogP contribution in [-0.4, -0.2) is 35.0 Å². The Hall–Kier alpha value is -1.49. The minimum Gasteiger partial charge on any atom is -0.481 e. The zero-order valence-electron chi connectivity index (χ0n) is 9.39. The Morgan fingerprint density at radius 1 is 1.18 bits per heavy atom. The van der Waals surface area contributed by atoms with Gasteiger partial charge in [-0.15, -0.1) is 11.8 Å². The van der Waals surface area contributed by atoms with Crippen LogP contribution in [0.25, 0.3) is 0 Å². The van der Waals surface area contributed by atoms with Gasteiger partial charge in [0.2, 0.25) is 5.91 Å². The first-order valence-corrected chi connectivity index (χ1v) is 6.44. The molecule has 4 nitrogen and oxygen atoms in total. The number of carbonyl (C=O) groups excluding carboxylic acids is 1. The topological polar surface area (TPSA) is 66.4 Å². The molecule has 0 aliphatic heterocycles. The molecule has 0 aromatic heterocycles. The molecule has 0 unspecified atom stereocenters. The van der Waals surface area contributed by atoms with Gasteiger partial charge < -0.3 is 10.4 Å². The van der Waals surface area contributed by atoms with Gasteiger partial charge in [-0.3, -0.25) is 9.59 Å². The molecule has 1 amide bonds. The van der Waals surface area contributed by atoms with Crippen molar-refractivity contribution in [3.8, 4) is 0 Å². The van der Waals surface area contributed by atoms with E-state index in [1.807, 2.05) is 30.3 Å². The summed E-state index contributed by atoms with van der Waals surface area (Å²) in [5.41, 5.74) is 1.17. The molecular formula is C12H15NO3S. The molecule has 0 saturated heterocycles. The van der Waals surface area contributed by atoms with Crippen molar-refractivity contribution < 1.29 is 14.7 Å². The van der Waals surface area contributed by atoms with Crippen LogP contribution in [0.1, 0.15) is 5.56 Å². The average molecular weight is 253 g/mol. The van der Waals surface area contributed by atoms with Crippen LogP contribution in [0, 0.1) is 0 Å². The van der Waals surface area contributed by atoms with E-state index < -0.39 is 5.97 Å². The van der Waals surface area contributed by atoms with Crippen molar-refractivity contribution in [2.75, 3.05) is 18.1 Å². The van der Waals surface area contributed by atoms with Crippen LogP contribution < -0.4 is 5.32 Å². The number of rotatable bonds is 7. The van der Waals surface area contributed by atoms with Gasteiger partial charge in [0.25, 0.3) is 0 Å². The molecule has 0 radical (unpaired) electrons. The fourth-order valence-corrected chi connectivity index (χ4v) is 1.84. The van der Waals surface area contributed by atoms with Gasteiger partial charge in [0, 0.05) is 6.54 Å². The predicted octanol–water partition coefficient (Wildman–Crippen LogP) is 1.16. The first-order chi connectivity index (χ1) is 8.18. The summed E-state index contributed by atoms with van der Waals surface area (Å²) in [7, 11) is 0. The van der Waals surface area contributed by atoms with E-state index in [1.165, 1.54) is 5.56 Å². The number of carbonyl (C=O) groups is 2. The highest BCUT2D eigenvalue weighted by Gasteiger charge is 2.03. The van der Waals surface area contributed by atoms with Crippen molar-refractivity contribution in [1.82, 2.24) is 5.32 Å². The van der Waals surface area contributed by atoms with Gasteiger partial charge in [-0.25, -0.2) is 0 Å². The molecule has 1 rings (SSSR count). The van der Waals surface area contributed by atoms with E-state index in [0.29, 0.717) is 6.54 Å². The summed E-state index contributed by atoms with van der Waals surface area (Å²) in [5.74, 6) is -0.855. The first-order valence-electron chi connectivity index (χ1n) is 5.28. The van der Waals surface area contributed by atoms with Gasteiger partial charge in [-0.2, -0.15) is 0 Å². The second-order valence-electron chi connectivity index (χ2n) is 3.47.